The quantitative estimate of drug-likeness (QED) is 0.757. The average Bonchev–Trinajstić information content (AvgIpc) is 2.36. The van der Waals surface area contributed by atoms with Crippen molar-refractivity contribution in [2.45, 2.75) is 77.7 Å². The van der Waals surface area contributed by atoms with Gasteiger partial charge in [-0.1, -0.05) is 20.8 Å². The van der Waals surface area contributed by atoms with Gasteiger partial charge < -0.3 is 19.8 Å². The van der Waals surface area contributed by atoms with Gasteiger partial charge in [0, 0.05) is 19.1 Å². The largest absolute Gasteiger partial charge is 0.444 e. The van der Waals surface area contributed by atoms with Gasteiger partial charge in [0.2, 0.25) is 5.91 Å². The molecule has 0 spiro atoms. The van der Waals surface area contributed by atoms with Crippen LogP contribution in [-0.4, -0.2) is 45.1 Å². The van der Waals surface area contributed by atoms with Crippen molar-refractivity contribution >= 4 is 20.3 Å². The zero-order chi connectivity index (χ0) is 18.8. The normalized spacial score (nSPS) is 22.8. The molecule has 1 fully saturated rings. The molecule has 0 bridgehead atoms. The van der Waals surface area contributed by atoms with Crippen LogP contribution in [0.4, 0.5) is 4.79 Å². The molecule has 0 aromatic carbocycles. The Balaban J connectivity index is 2.73. The van der Waals surface area contributed by atoms with E-state index in [-0.39, 0.29) is 16.9 Å². The van der Waals surface area contributed by atoms with Crippen molar-refractivity contribution in [3.8, 4) is 0 Å². The summed E-state index contributed by atoms with van der Waals surface area (Å²) in [5, 5.41) is 5.63. The summed E-state index contributed by atoms with van der Waals surface area (Å²) in [5.74, 6) is -0.212. The lowest BCUT2D eigenvalue weighted by atomic mass is 9.93. The molecule has 0 radical (unpaired) electrons. The molecule has 0 aromatic rings. The third-order valence-corrected chi connectivity index (χ3v) is 9.21. The van der Waals surface area contributed by atoms with E-state index in [1.54, 1.807) is 20.8 Å². The highest BCUT2D eigenvalue weighted by molar-refractivity contribution is 6.74. The van der Waals surface area contributed by atoms with Gasteiger partial charge in [-0.3, -0.25) is 4.79 Å². The molecule has 1 rings (SSSR count). The number of rotatable bonds is 4. The third-order valence-electron chi connectivity index (χ3n) is 4.70. The van der Waals surface area contributed by atoms with E-state index in [4.69, 9.17) is 9.16 Å². The third kappa shape index (κ3) is 6.09. The minimum atomic E-state index is -1.89. The van der Waals surface area contributed by atoms with Crippen molar-refractivity contribution < 1.29 is 18.8 Å². The molecular weight excluding hydrogens is 324 g/mol. The fraction of sp³-hybridized carbons (Fsp3) is 0.882. The van der Waals surface area contributed by atoms with Crippen molar-refractivity contribution in [3.63, 3.8) is 0 Å². The van der Waals surface area contributed by atoms with Crippen LogP contribution in [0.25, 0.3) is 0 Å². The Bertz CT molecular complexity index is 466. The molecule has 2 amide bonds. The van der Waals surface area contributed by atoms with Gasteiger partial charge in [-0.2, -0.15) is 0 Å². The summed E-state index contributed by atoms with van der Waals surface area (Å²) in [6.07, 6.45) is 0.211. The van der Waals surface area contributed by atoms with Gasteiger partial charge in [0.15, 0.2) is 8.32 Å². The molecule has 2 N–H and O–H groups in total. The van der Waals surface area contributed by atoms with E-state index in [9.17, 15) is 9.59 Å². The van der Waals surface area contributed by atoms with Crippen molar-refractivity contribution in [1.82, 2.24) is 10.6 Å². The molecule has 0 aromatic heterocycles. The number of amides is 2. The highest BCUT2D eigenvalue weighted by Crippen LogP contribution is 2.37. The molecule has 0 aliphatic carbocycles. The number of hydrogen-bond donors (Lipinski definition) is 2. The van der Waals surface area contributed by atoms with Gasteiger partial charge in [-0.25, -0.2) is 4.79 Å². The molecule has 1 aliphatic rings. The highest BCUT2D eigenvalue weighted by Gasteiger charge is 2.40. The number of piperidine rings is 1. The van der Waals surface area contributed by atoms with Gasteiger partial charge in [0.05, 0.1) is 0 Å². The molecule has 1 unspecified atom stereocenters. The molecular formula is C17H34N2O4Si. The number of carbonyl (C=O) groups is 2. The first-order valence-electron chi connectivity index (χ1n) is 8.64. The number of hydrogen-bond acceptors (Lipinski definition) is 4. The molecule has 0 saturated carbocycles. The Morgan fingerprint density at radius 1 is 1.25 bits per heavy atom. The summed E-state index contributed by atoms with van der Waals surface area (Å²) in [6.45, 7) is 17.4. The summed E-state index contributed by atoms with van der Waals surface area (Å²) in [4.78, 5) is 24.2. The Kier molecular flexibility index (Phi) is 6.49. The predicted octanol–water partition coefficient (Wildman–Crippen LogP) is 3.04. The molecule has 1 saturated heterocycles. The SMILES string of the molecule is CC(C)(C)OC(=O)N[C@@H]1C(=O)NCCC1CO[Si](C)(C)C(C)(C)C. The topological polar surface area (TPSA) is 76.7 Å². The zero-order valence-electron chi connectivity index (χ0n) is 16.4. The summed E-state index contributed by atoms with van der Waals surface area (Å²) in [7, 11) is -1.89. The molecule has 1 heterocycles. The second kappa shape index (κ2) is 7.43. The van der Waals surface area contributed by atoms with Crippen molar-refractivity contribution in [2.75, 3.05) is 13.2 Å². The van der Waals surface area contributed by atoms with Gasteiger partial charge in [-0.15, -0.1) is 0 Å². The maximum atomic E-state index is 12.2. The zero-order valence-corrected chi connectivity index (χ0v) is 17.4. The lowest BCUT2D eigenvalue weighted by molar-refractivity contribution is -0.126. The molecule has 24 heavy (non-hydrogen) atoms. The minimum Gasteiger partial charge on any atom is -0.444 e. The predicted molar refractivity (Wildman–Crippen MR) is 97.4 cm³/mol. The molecule has 140 valence electrons. The van der Waals surface area contributed by atoms with Crippen molar-refractivity contribution in [3.05, 3.63) is 0 Å². The summed E-state index contributed by atoms with van der Waals surface area (Å²) in [5.41, 5.74) is -0.595. The van der Waals surface area contributed by atoms with Crippen molar-refractivity contribution in [1.29, 1.82) is 0 Å². The van der Waals surface area contributed by atoms with Crippen LogP contribution in [0.2, 0.25) is 18.1 Å². The van der Waals surface area contributed by atoms with E-state index in [1.165, 1.54) is 0 Å². The standard InChI is InChI=1S/C17H34N2O4Si/c1-16(2,3)23-15(21)19-13-12(9-10-18-14(13)20)11-22-24(7,8)17(4,5)6/h12-13H,9-11H2,1-8H3,(H,18,20)(H,19,21)/t12?,13-/m0/s1. The van der Waals surface area contributed by atoms with Crippen molar-refractivity contribution in [2.24, 2.45) is 5.92 Å². The summed E-state index contributed by atoms with van der Waals surface area (Å²) in [6, 6.07) is -0.613. The maximum Gasteiger partial charge on any atom is 0.408 e. The van der Waals surface area contributed by atoms with Crippen LogP contribution >= 0.6 is 0 Å². The van der Waals surface area contributed by atoms with Crippen LogP contribution in [0.3, 0.4) is 0 Å². The fourth-order valence-electron chi connectivity index (χ4n) is 2.20. The summed E-state index contributed by atoms with van der Waals surface area (Å²) >= 11 is 0. The lowest BCUT2D eigenvalue weighted by Crippen LogP contribution is -2.57. The molecule has 1 aliphatic heterocycles. The van der Waals surface area contributed by atoms with Gasteiger partial charge >= 0.3 is 6.09 Å². The van der Waals surface area contributed by atoms with E-state index in [0.29, 0.717) is 13.2 Å². The van der Waals surface area contributed by atoms with Gasteiger partial charge in [0.25, 0.3) is 0 Å². The Morgan fingerprint density at radius 3 is 2.33 bits per heavy atom. The van der Waals surface area contributed by atoms with Gasteiger partial charge in [-0.05, 0) is 45.3 Å². The van der Waals surface area contributed by atoms with Crippen LogP contribution in [0.5, 0.6) is 0 Å². The molecule has 7 heteroatoms. The number of nitrogens with one attached hydrogen (secondary N) is 2. The van der Waals surface area contributed by atoms with E-state index in [2.05, 4.69) is 44.5 Å². The fourth-order valence-corrected chi connectivity index (χ4v) is 3.26. The van der Waals surface area contributed by atoms with E-state index in [0.717, 1.165) is 6.42 Å². The lowest BCUT2D eigenvalue weighted by Gasteiger charge is -2.39. The smallest absolute Gasteiger partial charge is 0.408 e. The van der Waals surface area contributed by atoms with Crippen LogP contribution in [0.15, 0.2) is 0 Å². The Hall–Kier alpha value is -1.08. The average molecular weight is 359 g/mol. The molecule has 6 nitrogen and oxygen atoms in total. The Labute approximate surface area is 147 Å². The second-order valence-corrected chi connectivity index (χ2v) is 13.8. The number of ether oxygens (including phenoxy) is 1. The van der Waals surface area contributed by atoms with Crippen LogP contribution < -0.4 is 10.6 Å². The maximum absolute atomic E-state index is 12.2. The van der Waals surface area contributed by atoms with Crippen LogP contribution in [0.1, 0.15) is 48.0 Å². The Morgan fingerprint density at radius 2 is 1.83 bits per heavy atom. The number of alkyl carbamates (subject to hydrolysis) is 1. The van der Waals surface area contributed by atoms with Gasteiger partial charge in [0.1, 0.15) is 11.6 Å². The highest BCUT2D eigenvalue weighted by atomic mass is 28.4. The monoisotopic (exact) mass is 358 g/mol. The number of carbonyl (C=O) groups excluding carboxylic acids is 2. The molecule has 2 atom stereocenters. The summed E-state index contributed by atoms with van der Waals surface area (Å²) < 4.78 is 11.5. The van der Waals surface area contributed by atoms with E-state index < -0.39 is 26.1 Å². The van der Waals surface area contributed by atoms with Crippen LogP contribution in [0, 0.1) is 5.92 Å². The first kappa shape index (κ1) is 21.0. The van der Waals surface area contributed by atoms with Crippen LogP contribution in [-0.2, 0) is 14.0 Å². The minimum absolute atomic E-state index is 0.0413. The van der Waals surface area contributed by atoms with E-state index in [1.807, 2.05) is 0 Å². The first-order chi connectivity index (χ1) is 10.7. The first-order valence-corrected chi connectivity index (χ1v) is 11.5. The second-order valence-electron chi connectivity index (χ2n) is 9.03. The van der Waals surface area contributed by atoms with E-state index >= 15 is 0 Å².